The third-order valence-electron chi connectivity index (χ3n) is 5.83. The Morgan fingerprint density at radius 1 is 1.14 bits per heavy atom. The molecule has 0 radical (unpaired) electrons. The van der Waals surface area contributed by atoms with Crippen LogP contribution in [0.5, 0.6) is 0 Å². The van der Waals surface area contributed by atoms with Crippen LogP contribution in [0.25, 0.3) is 0 Å². The van der Waals surface area contributed by atoms with E-state index in [9.17, 15) is 12.8 Å². The second kappa shape index (κ2) is 10.9. The zero-order chi connectivity index (χ0) is 25.0. The summed E-state index contributed by atoms with van der Waals surface area (Å²) in [6.45, 7) is 3.57. The molecule has 0 saturated carbocycles. The maximum Gasteiger partial charge on any atom is 0.229 e. The van der Waals surface area contributed by atoms with E-state index in [0.717, 1.165) is 50.5 Å². The van der Waals surface area contributed by atoms with Gasteiger partial charge in [0.1, 0.15) is 10.8 Å². The fourth-order valence-corrected chi connectivity index (χ4v) is 4.97. The van der Waals surface area contributed by atoms with Crippen molar-refractivity contribution in [1.82, 2.24) is 14.9 Å². The number of hydrogen-bond donors (Lipinski definition) is 2. The first kappa shape index (κ1) is 25.3. The molecule has 1 aliphatic heterocycles. The highest BCUT2D eigenvalue weighted by atomic mass is 35.5. The maximum atomic E-state index is 14.5. The molecule has 2 N–H and O–H groups in total. The van der Waals surface area contributed by atoms with Crippen LogP contribution in [0.2, 0.25) is 5.02 Å². The Balaban J connectivity index is 1.54. The van der Waals surface area contributed by atoms with Crippen molar-refractivity contribution in [3.8, 4) is 0 Å². The van der Waals surface area contributed by atoms with Crippen molar-refractivity contribution < 1.29 is 17.5 Å². The molecule has 0 unspecified atom stereocenters. The monoisotopic (exact) mass is 519 g/mol. The maximum absolute atomic E-state index is 14.5. The number of para-hydroxylation sites is 1. The summed E-state index contributed by atoms with van der Waals surface area (Å²) < 4.78 is 43.9. The summed E-state index contributed by atoms with van der Waals surface area (Å²) in [6, 6.07) is 9.97. The average molecular weight is 520 g/mol. The van der Waals surface area contributed by atoms with Crippen molar-refractivity contribution in [2.24, 2.45) is 0 Å². The standard InChI is InChI=1S/C24H27ClFN5O3S/c1-34-13-12-31-10-8-16-6-7-18(14-17(16)9-11-31)28-24-27-15-19(25)23(30-24)29-22-20(26)4-3-5-21(22)35(2,32)33/h3-7,14-15H,8-13H2,1-2H3,(H2,27,28,29,30). The molecule has 2 heterocycles. The highest BCUT2D eigenvalue weighted by molar-refractivity contribution is 7.90. The van der Waals surface area contributed by atoms with E-state index in [1.165, 1.54) is 29.5 Å². The van der Waals surface area contributed by atoms with Crippen molar-refractivity contribution in [2.45, 2.75) is 17.7 Å². The summed E-state index contributed by atoms with van der Waals surface area (Å²) in [4.78, 5) is 10.8. The van der Waals surface area contributed by atoms with E-state index < -0.39 is 15.7 Å². The third-order valence-corrected chi connectivity index (χ3v) is 7.25. The van der Waals surface area contributed by atoms with Gasteiger partial charge < -0.3 is 20.3 Å². The van der Waals surface area contributed by atoms with Gasteiger partial charge in [-0.25, -0.2) is 17.8 Å². The van der Waals surface area contributed by atoms with E-state index in [1.54, 1.807) is 7.11 Å². The minimum atomic E-state index is -3.68. The molecule has 0 atom stereocenters. The summed E-state index contributed by atoms with van der Waals surface area (Å²) in [6.07, 6.45) is 4.27. The second-order valence-corrected chi connectivity index (χ2v) is 10.7. The molecule has 11 heteroatoms. The molecule has 4 rings (SSSR count). The molecule has 0 fully saturated rings. The topological polar surface area (TPSA) is 96.5 Å². The molecule has 8 nitrogen and oxygen atoms in total. The van der Waals surface area contributed by atoms with Crippen molar-refractivity contribution in [3.05, 3.63) is 64.6 Å². The summed E-state index contributed by atoms with van der Waals surface area (Å²) in [5.41, 5.74) is 3.16. The second-order valence-electron chi connectivity index (χ2n) is 8.34. The molecule has 0 amide bonds. The molecule has 186 valence electrons. The van der Waals surface area contributed by atoms with E-state index in [-0.39, 0.29) is 27.4 Å². The van der Waals surface area contributed by atoms with Crippen LogP contribution in [0.1, 0.15) is 11.1 Å². The number of rotatable bonds is 8. The first-order chi connectivity index (χ1) is 16.7. The van der Waals surface area contributed by atoms with Gasteiger partial charge in [0.15, 0.2) is 15.7 Å². The van der Waals surface area contributed by atoms with Gasteiger partial charge >= 0.3 is 0 Å². The number of hydrogen-bond acceptors (Lipinski definition) is 8. The molecular formula is C24H27ClFN5O3S. The smallest absolute Gasteiger partial charge is 0.229 e. The fraction of sp³-hybridized carbons (Fsp3) is 0.333. The lowest BCUT2D eigenvalue weighted by Gasteiger charge is -2.18. The Bertz CT molecular complexity index is 1320. The normalized spacial score (nSPS) is 14.3. The van der Waals surface area contributed by atoms with Crippen molar-refractivity contribution >= 4 is 44.6 Å². The summed E-state index contributed by atoms with van der Waals surface area (Å²) in [5, 5.41) is 6.02. The van der Waals surface area contributed by atoms with Crippen molar-refractivity contribution in [3.63, 3.8) is 0 Å². The van der Waals surface area contributed by atoms with Crippen molar-refractivity contribution in [1.29, 1.82) is 0 Å². The molecular weight excluding hydrogens is 493 g/mol. The van der Waals surface area contributed by atoms with E-state index in [4.69, 9.17) is 16.3 Å². The largest absolute Gasteiger partial charge is 0.383 e. The Morgan fingerprint density at radius 3 is 2.66 bits per heavy atom. The molecule has 0 spiro atoms. The third kappa shape index (κ3) is 6.26. The molecule has 1 aromatic heterocycles. The Kier molecular flexibility index (Phi) is 7.85. The zero-order valence-corrected chi connectivity index (χ0v) is 21.1. The van der Waals surface area contributed by atoms with E-state index in [0.29, 0.717) is 6.61 Å². The number of ether oxygens (including phenoxy) is 1. The van der Waals surface area contributed by atoms with E-state index in [1.807, 2.05) is 6.07 Å². The number of nitrogens with zero attached hydrogens (tertiary/aromatic N) is 3. The van der Waals surface area contributed by atoms with Gasteiger partial charge in [-0.15, -0.1) is 0 Å². The van der Waals surface area contributed by atoms with Gasteiger partial charge in [-0.1, -0.05) is 23.7 Å². The van der Waals surface area contributed by atoms with Crippen LogP contribution in [0, 0.1) is 5.82 Å². The van der Waals surface area contributed by atoms with Crippen LogP contribution >= 0.6 is 11.6 Å². The highest BCUT2D eigenvalue weighted by Crippen LogP contribution is 2.31. The minimum Gasteiger partial charge on any atom is -0.383 e. The van der Waals surface area contributed by atoms with Gasteiger partial charge in [-0.2, -0.15) is 4.98 Å². The van der Waals surface area contributed by atoms with Crippen LogP contribution in [-0.2, 0) is 27.4 Å². The molecule has 1 aliphatic rings. The summed E-state index contributed by atoms with van der Waals surface area (Å²) in [7, 11) is -1.97. The van der Waals surface area contributed by atoms with Gasteiger partial charge in [-0.05, 0) is 48.2 Å². The number of nitrogens with one attached hydrogen (secondary N) is 2. The Morgan fingerprint density at radius 2 is 1.91 bits per heavy atom. The number of aromatic nitrogens is 2. The number of sulfone groups is 1. The van der Waals surface area contributed by atoms with Crippen LogP contribution in [0.3, 0.4) is 0 Å². The lowest BCUT2D eigenvalue weighted by Crippen LogP contribution is -2.29. The predicted molar refractivity (Wildman–Crippen MR) is 135 cm³/mol. The quantitative estimate of drug-likeness (QED) is 0.457. The lowest BCUT2D eigenvalue weighted by atomic mass is 10.0. The first-order valence-corrected chi connectivity index (χ1v) is 13.4. The average Bonchev–Trinajstić information content (AvgIpc) is 3.02. The summed E-state index contributed by atoms with van der Waals surface area (Å²) >= 11 is 6.23. The Labute approximate surface area is 209 Å². The molecule has 3 aromatic rings. The van der Waals surface area contributed by atoms with Gasteiger partial charge in [0.25, 0.3) is 0 Å². The minimum absolute atomic E-state index is 0.0858. The van der Waals surface area contributed by atoms with Crippen LogP contribution in [0.4, 0.5) is 27.5 Å². The zero-order valence-electron chi connectivity index (χ0n) is 19.5. The number of methoxy groups -OCH3 is 1. The lowest BCUT2D eigenvalue weighted by molar-refractivity contribution is 0.150. The van der Waals surface area contributed by atoms with E-state index in [2.05, 4.69) is 37.6 Å². The first-order valence-electron chi connectivity index (χ1n) is 11.1. The van der Waals surface area contributed by atoms with Crippen LogP contribution in [0.15, 0.2) is 47.5 Å². The molecule has 2 aromatic carbocycles. The van der Waals surface area contributed by atoms with Crippen molar-refractivity contribution in [2.75, 3.05) is 50.2 Å². The van der Waals surface area contributed by atoms with E-state index >= 15 is 0 Å². The number of fused-ring (bicyclic) bond motifs is 1. The number of halogens is 2. The molecule has 0 saturated heterocycles. The fourth-order valence-electron chi connectivity index (χ4n) is 3.99. The van der Waals surface area contributed by atoms with Gasteiger partial charge in [0.2, 0.25) is 5.95 Å². The van der Waals surface area contributed by atoms with Gasteiger partial charge in [0, 0.05) is 38.7 Å². The van der Waals surface area contributed by atoms with Crippen LogP contribution < -0.4 is 10.6 Å². The van der Waals surface area contributed by atoms with Crippen LogP contribution in [-0.4, -0.2) is 62.9 Å². The Hall–Kier alpha value is -2.79. The number of anilines is 4. The van der Waals surface area contributed by atoms with Gasteiger partial charge in [0.05, 0.1) is 23.4 Å². The summed E-state index contributed by atoms with van der Waals surface area (Å²) in [5.74, 6) is -0.408. The molecule has 0 aliphatic carbocycles. The highest BCUT2D eigenvalue weighted by Gasteiger charge is 2.19. The SMILES string of the molecule is COCCN1CCc2ccc(Nc3ncc(Cl)c(Nc4c(F)cccc4S(C)(=O)=O)n3)cc2CC1. The number of benzene rings is 2. The molecule has 0 bridgehead atoms. The predicted octanol–water partition coefficient (Wildman–Crippen LogP) is 4.21. The molecule has 35 heavy (non-hydrogen) atoms. The van der Waals surface area contributed by atoms with Gasteiger partial charge in [-0.3, -0.25) is 0 Å².